The maximum absolute atomic E-state index is 12.4. The van der Waals surface area contributed by atoms with E-state index in [-0.39, 0.29) is 12.5 Å². The van der Waals surface area contributed by atoms with E-state index in [1.165, 1.54) is 0 Å². The zero-order valence-electron chi connectivity index (χ0n) is 15.7. The molecule has 1 heterocycles. The molecule has 7 nitrogen and oxygen atoms in total. The Morgan fingerprint density at radius 1 is 1.00 bits per heavy atom. The molecule has 144 valence electrons. The molecule has 3 aromatic carbocycles. The van der Waals surface area contributed by atoms with E-state index < -0.39 is 0 Å². The Kier molecular flexibility index (Phi) is 4.40. The van der Waals surface area contributed by atoms with Gasteiger partial charge in [0.1, 0.15) is 0 Å². The largest absolute Gasteiger partial charge is 0.376 e. The second-order valence-corrected chi connectivity index (χ2v) is 7.18. The lowest BCUT2D eigenvalue weighted by Gasteiger charge is -2.10. The molecule has 1 aliphatic rings. The molecule has 0 spiro atoms. The molecule has 4 aromatic rings. The average molecular weight is 384 g/mol. The number of nitrogens with one attached hydrogen (secondary N) is 2. The Balaban J connectivity index is 1.23. The van der Waals surface area contributed by atoms with Crippen molar-refractivity contribution in [1.29, 1.82) is 0 Å². The van der Waals surface area contributed by atoms with Crippen molar-refractivity contribution < 1.29 is 4.79 Å². The van der Waals surface area contributed by atoms with Crippen molar-refractivity contribution >= 4 is 28.1 Å². The minimum absolute atomic E-state index is 0.0943. The first-order valence-corrected chi connectivity index (χ1v) is 9.68. The van der Waals surface area contributed by atoms with E-state index in [0.29, 0.717) is 6.04 Å². The summed E-state index contributed by atoms with van der Waals surface area (Å²) in [7, 11) is 0. The number of tetrazole rings is 1. The third kappa shape index (κ3) is 3.67. The van der Waals surface area contributed by atoms with E-state index in [4.69, 9.17) is 0 Å². The Labute approximate surface area is 167 Å². The summed E-state index contributed by atoms with van der Waals surface area (Å²) in [6.07, 6.45) is 2.26. The fourth-order valence-corrected chi connectivity index (χ4v) is 3.40. The van der Waals surface area contributed by atoms with E-state index >= 15 is 0 Å². The van der Waals surface area contributed by atoms with E-state index in [9.17, 15) is 4.79 Å². The molecule has 0 unspecified atom stereocenters. The number of nitrogens with zero attached hydrogens (tertiary/aromatic N) is 4. The van der Waals surface area contributed by atoms with Gasteiger partial charge in [-0.2, -0.15) is 0 Å². The highest BCUT2D eigenvalue weighted by Gasteiger charge is 2.28. The molecule has 29 heavy (non-hydrogen) atoms. The van der Waals surface area contributed by atoms with E-state index in [1.54, 1.807) is 0 Å². The number of hydrogen-bond acceptors (Lipinski definition) is 5. The summed E-state index contributed by atoms with van der Waals surface area (Å²) in [4.78, 5) is 12.4. The van der Waals surface area contributed by atoms with Crippen molar-refractivity contribution in [1.82, 2.24) is 20.2 Å². The highest BCUT2D eigenvalue weighted by atomic mass is 16.1. The van der Waals surface area contributed by atoms with Gasteiger partial charge in [0.05, 0.1) is 12.6 Å². The molecule has 1 aromatic heterocycles. The maximum Gasteiger partial charge on any atom is 0.243 e. The van der Waals surface area contributed by atoms with Crippen LogP contribution in [0.25, 0.3) is 22.2 Å². The van der Waals surface area contributed by atoms with Gasteiger partial charge in [0.25, 0.3) is 0 Å². The summed E-state index contributed by atoms with van der Waals surface area (Å²) in [5.74, 6) is 0.691. The first kappa shape index (κ1) is 17.4. The summed E-state index contributed by atoms with van der Waals surface area (Å²) >= 11 is 0. The maximum atomic E-state index is 12.4. The normalized spacial score (nSPS) is 13.4. The average Bonchev–Trinajstić information content (AvgIpc) is 3.49. The lowest BCUT2D eigenvalue weighted by Crippen LogP contribution is -2.21. The van der Waals surface area contributed by atoms with Crippen molar-refractivity contribution in [3.63, 3.8) is 0 Å². The number of fused-ring (bicyclic) bond motifs is 1. The van der Waals surface area contributed by atoms with E-state index in [0.717, 1.165) is 46.4 Å². The molecule has 0 bridgehead atoms. The quantitative estimate of drug-likeness (QED) is 0.527. The van der Waals surface area contributed by atoms with E-state index in [2.05, 4.69) is 26.2 Å². The monoisotopic (exact) mass is 384 g/mol. The van der Waals surface area contributed by atoms with Crippen molar-refractivity contribution in [3.8, 4) is 11.4 Å². The van der Waals surface area contributed by atoms with Gasteiger partial charge in [0.2, 0.25) is 5.91 Å². The predicted octanol–water partition coefficient (Wildman–Crippen LogP) is 3.88. The van der Waals surface area contributed by atoms with Crippen LogP contribution in [0.5, 0.6) is 0 Å². The Bertz CT molecular complexity index is 1160. The smallest absolute Gasteiger partial charge is 0.243 e. The van der Waals surface area contributed by atoms with Gasteiger partial charge in [0, 0.05) is 22.3 Å². The molecular weight excluding hydrogens is 364 g/mol. The number of anilines is 2. The van der Waals surface area contributed by atoms with Crippen LogP contribution < -0.4 is 10.6 Å². The summed E-state index contributed by atoms with van der Waals surface area (Å²) in [6.45, 7) is 0.183. The second kappa shape index (κ2) is 7.35. The molecule has 0 atom stereocenters. The van der Waals surface area contributed by atoms with Crippen molar-refractivity contribution in [2.24, 2.45) is 0 Å². The number of rotatable bonds is 6. The van der Waals surface area contributed by atoms with Gasteiger partial charge in [-0.05, 0) is 59.0 Å². The third-order valence-electron chi connectivity index (χ3n) is 5.05. The lowest BCUT2D eigenvalue weighted by atomic mass is 10.1. The van der Waals surface area contributed by atoms with Crippen LogP contribution in [0.4, 0.5) is 11.4 Å². The SMILES string of the molecule is O=C(CNc1ccc(-c2nnnn2C2CC2)cc1)Nc1cccc2ccccc12. The summed E-state index contributed by atoms with van der Waals surface area (Å²) in [6, 6.07) is 22.1. The molecule has 0 radical (unpaired) electrons. The van der Waals surface area contributed by atoms with Crippen molar-refractivity contribution in [2.75, 3.05) is 17.2 Å². The molecule has 0 aliphatic heterocycles. The molecule has 5 rings (SSSR count). The molecule has 1 aliphatic carbocycles. The highest BCUT2D eigenvalue weighted by molar-refractivity contribution is 6.03. The zero-order chi connectivity index (χ0) is 19.6. The minimum atomic E-state index is -0.0943. The fraction of sp³-hybridized carbons (Fsp3) is 0.182. The standard InChI is InChI=1S/C22H20N6O/c29-21(24-20-7-3-5-15-4-1-2-6-19(15)20)14-23-17-10-8-16(9-11-17)22-25-26-27-28(22)18-12-13-18/h1-11,18,23H,12-14H2,(H,24,29). The number of benzene rings is 3. The Morgan fingerprint density at radius 2 is 1.79 bits per heavy atom. The van der Waals surface area contributed by atoms with Crippen LogP contribution in [-0.4, -0.2) is 32.7 Å². The van der Waals surface area contributed by atoms with Crippen molar-refractivity contribution in [2.45, 2.75) is 18.9 Å². The fourth-order valence-electron chi connectivity index (χ4n) is 3.40. The second-order valence-electron chi connectivity index (χ2n) is 7.18. The van der Waals surface area contributed by atoms with Gasteiger partial charge in [0.15, 0.2) is 5.82 Å². The number of aromatic nitrogens is 4. The molecule has 1 amide bonds. The number of hydrogen-bond donors (Lipinski definition) is 2. The van der Waals surface area contributed by atoms with Crippen LogP contribution in [0.2, 0.25) is 0 Å². The highest BCUT2D eigenvalue weighted by Crippen LogP contribution is 2.36. The summed E-state index contributed by atoms with van der Waals surface area (Å²) in [5.41, 5.74) is 2.65. The zero-order valence-corrected chi connectivity index (χ0v) is 15.7. The van der Waals surface area contributed by atoms with Crippen LogP contribution in [0.1, 0.15) is 18.9 Å². The number of carbonyl (C=O) groups is 1. The molecule has 0 saturated heterocycles. The third-order valence-corrected chi connectivity index (χ3v) is 5.05. The lowest BCUT2D eigenvalue weighted by molar-refractivity contribution is -0.114. The minimum Gasteiger partial charge on any atom is -0.376 e. The molecule has 7 heteroatoms. The van der Waals surface area contributed by atoms with Crippen LogP contribution in [0.3, 0.4) is 0 Å². The van der Waals surface area contributed by atoms with Gasteiger partial charge < -0.3 is 10.6 Å². The number of amides is 1. The van der Waals surface area contributed by atoms with Gasteiger partial charge in [-0.3, -0.25) is 4.79 Å². The van der Waals surface area contributed by atoms with Gasteiger partial charge in [-0.1, -0.05) is 36.4 Å². The van der Waals surface area contributed by atoms with Crippen LogP contribution in [0, 0.1) is 0 Å². The first-order chi connectivity index (χ1) is 14.3. The van der Waals surface area contributed by atoms with E-state index in [1.807, 2.05) is 71.4 Å². The summed E-state index contributed by atoms with van der Waals surface area (Å²) < 4.78 is 1.89. The molecule has 2 N–H and O–H groups in total. The molecular formula is C22H20N6O. The van der Waals surface area contributed by atoms with Crippen LogP contribution >= 0.6 is 0 Å². The predicted molar refractivity (Wildman–Crippen MR) is 113 cm³/mol. The van der Waals surface area contributed by atoms with Crippen molar-refractivity contribution in [3.05, 3.63) is 66.7 Å². The summed E-state index contributed by atoms with van der Waals surface area (Å²) in [5, 5.41) is 20.3. The van der Waals surface area contributed by atoms with Gasteiger partial charge in [-0.15, -0.1) is 5.10 Å². The number of carbonyl (C=O) groups excluding carboxylic acids is 1. The molecule has 1 saturated carbocycles. The van der Waals surface area contributed by atoms with Gasteiger partial charge in [-0.25, -0.2) is 4.68 Å². The Morgan fingerprint density at radius 3 is 2.62 bits per heavy atom. The molecule has 1 fully saturated rings. The van der Waals surface area contributed by atoms with Crippen LogP contribution in [0.15, 0.2) is 66.7 Å². The topological polar surface area (TPSA) is 84.7 Å². The first-order valence-electron chi connectivity index (χ1n) is 9.68. The Hall–Kier alpha value is -3.74. The van der Waals surface area contributed by atoms with Gasteiger partial charge >= 0.3 is 0 Å². The van der Waals surface area contributed by atoms with Crippen LogP contribution in [-0.2, 0) is 4.79 Å².